The number of hydrogen-bond donors (Lipinski definition) is 2. The van der Waals surface area contributed by atoms with Crippen LogP contribution in [0.4, 0.5) is 0 Å². The fraction of sp³-hybridized carbons (Fsp3) is 0.857. The highest BCUT2D eigenvalue weighted by molar-refractivity contribution is 5.85. The third-order valence-corrected chi connectivity index (χ3v) is 3.76. The molecule has 0 atom stereocenters. The molecule has 1 aliphatic carbocycles. The van der Waals surface area contributed by atoms with Crippen LogP contribution < -0.4 is 5.32 Å². The van der Waals surface area contributed by atoms with Crippen LogP contribution in [-0.2, 0) is 4.79 Å². The third-order valence-electron chi connectivity index (χ3n) is 3.76. The van der Waals surface area contributed by atoms with E-state index >= 15 is 0 Å². The summed E-state index contributed by atoms with van der Waals surface area (Å²) in [6, 6.07) is 2.24. The molecule has 4 nitrogen and oxygen atoms in total. The lowest BCUT2D eigenvalue weighted by molar-refractivity contribution is -0.129. The highest BCUT2D eigenvalue weighted by Gasteiger charge is 2.39. The number of carbonyl (C=O) groups is 1. The van der Waals surface area contributed by atoms with Crippen LogP contribution in [0.15, 0.2) is 0 Å². The number of aliphatic hydroxyl groups is 1. The van der Waals surface area contributed by atoms with Gasteiger partial charge in [-0.1, -0.05) is 39.5 Å². The first-order valence-electron chi connectivity index (χ1n) is 6.76. The van der Waals surface area contributed by atoms with Gasteiger partial charge in [0.05, 0.1) is 6.07 Å². The molecule has 0 saturated heterocycles. The summed E-state index contributed by atoms with van der Waals surface area (Å²) in [6.45, 7) is 4.21. The van der Waals surface area contributed by atoms with Gasteiger partial charge in [-0.2, -0.15) is 5.26 Å². The largest absolute Gasteiger partial charge is 0.396 e. The van der Waals surface area contributed by atoms with Crippen LogP contribution in [0.1, 0.15) is 52.4 Å². The number of rotatable bonds is 4. The van der Waals surface area contributed by atoms with Crippen molar-refractivity contribution >= 4 is 5.91 Å². The van der Waals surface area contributed by atoms with Gasteiger partial charge in [0, 0.05) is 18.6 Å². The van der Waals surface area contributed by atoms with Gasteiger partial charge in [0.1, 0.15) is 5.41 Å². The molecule has 1 saturated carbocycles. The molecule has 0 heterocycles. The maximum atomic E-state index is 12.3. The Bertz CT molecular complexity index is 323. The molecule has 0 unspecified atom stereocenters. The number of nitrogens with zero attached hydrogens (tertiary/aromatic N) is 1. The van der Waals surface area contributed by atoms with Crippen molar-refractivity contribution in [2.75, 3.05) is 13.2 Å². The standard InChI is InChI=1S/C14H24N2O2/c1-13(2,11-17)10-16-12(18)14(9-15)7-5-3-4-6-8-14/h17H,3-8,10-11H2,1-2H3,(H,16,18). The second-order valence-corrected chi connectivity index (χ2v) is 6.11. The molecule has 2 N–H and O–H groups in total. The van der Waals surface area contributed by atoms with Crippen molar-refractivity contribution in [3.8, 4) is 6.07 Å². The minimum atomic E-state index is -0.845. The quantitative estimate of drug-likeness (QED) is 0.751. The number of nitriles is 1. The summed E-state index contributed by atoms with van der Waals surface area (Å²) in [5, 5.41) is 21.4. The van der Waals surface area contributed by atoms with Crippen LogP contribution >= 0.6 is 0 Å². The van der Waals surface area contributed by atoms with Crippen molar-refractivity contribution in [3.05, 3.63) is 0 Å². The summed E-state index contributed by atoms with van der Waals surface area (Å²) < 4.78 is 0. The van der Waals surface area contributed by atoms with E-state index in [1.165, 1.54) is 0 Å². The summed E-state index contributed by atoms with van der Waals surface area (Å²) in [5.74, 6) is -0.159. The van der Waals surface area contributed by atoms with Crippen molar-refractivity contribution < 1.29 is 9.90 Å². The number of hydrogen-bond acceptors (Lipinski definition) is 3. The average molecular weight is 252 g/mol. The minimum Gasteiger partial charge on any atom is -0.396 e. The predicted octanol–water partition coefficient (Wildman–Crippen LogP) is 1.99. The Morgan fingerprint density at radius 1 is 1.33 bits per heavy atom. The van der Waals surface area contributed by atoms with Gasteiger partial charge in [-0.05, 0) is 12.8 Å². The maximum absolute atomic E-state index is 12.3. The van der Waals surface area contributed by atoms with Crippen molar-refractivity contribution in [2.24, 2.45) is 10.8 Å². The van der Waals surface area contributed by atoms with E-state index in [1.807, 2.05) is 13.8 Å². The van der Waals surface area contributed by atoms with Gasteiger partial charge in [-0.3, -0.25) is 4.79 Å². The zero-order chi connectivity index (χ0) is 13.6. The van der Waals surface area contributed by atoms with E-state index in [-0.39, 0.29) is 17.9 Å². The SMILES string of the molecule is CC(C)(CO)CNC(=O)C1(C#N)CCCCCC1. The second kappa shape index (κ2) is 6.19. The van der Waals surface area contributed by atoms with Crippen molar-refractivity contribution in [2.45, 2.75) is 52.4 Å². The first-order valence-corrected chi connectivity index (χ1v) is 6.76. The Balaban J connectivity index is 2.65. The Kier molecular flexibility index (Phi) is 5.15. The van der Waals surface area contributed by atoms with Crippen LogP contribution in [0.3, 0.4) is 0 Å². The van der Waals surface area contributed by atoms with Gasteiger partial charge >= 0.3 is 0 Å². The van der Waals surface area contributed by atoms with E-state index in [0.29, 0.717) is 19.4 Å². The van der Waals surface area contributed by atoms with E-state index in [1.54, 1.807) is 0 Å². The molecule has 0 aromatic carbocycles. The molecule has 0 bridgehead atoms. The van der Waals surface area contributed by atoms with Gasteiger partial charge in [-0.15, -0.1) is 0 Å². The smallest absolute Gasteiger partial charge is 0.240 e. The van der Waals surface area contributed by atoms with E-state index in [4.69, 9.17) is 5.11 Å². The van der Waals surface area contributed by atoms with Gasteiger partial charge in [0.15, 0.2) is 0 Å². The van der Waals surface area contributed by atoms with Gasteiger partial charge in [0.25, 0.3) is 0 Å². The van der Waals surface area contributed by atoms with Crippen molar-refractivity contribution in [1.82, 2.24) is 5.32 Å². The molecule has 1 aliphatic rings. The Morgan fingerprint density at radius 2 is 1.89 bits per heavy atom. The Morgan fingerprint density at radius 3 is 2.33 bits per heavy atom. The van der Waals surface area contributed by atoms with Gasteiger partial charge < -0.3 is 10.4 Å². The van der Waals surface area contributed by atoms with Crippen LogP contribution in [-0.4, -0.2) is 24.2 Å². The summed E-state index contributed by atoms with van der Waals surface area (Å²) in [6.07, 6.45) is 5.44. The molecular weight excluding hydrogens is 228 g/mol. The number of carbonyl (C=O) groups excluding carboxylic acids is 1. The van der Waals surface area contributed by atoms with E-state index < -0.39 is 5.41 Å². The first-order chi connectivity index (χ1) is 8.46. The van der Waals surface area contributed by atoms with E-state index in [2.05, 4.69) is 11.4 Å². The lowest BCUT2D eigenvalue weighted by Gasteiger charge is -2.27. The lowest BCUT2D eigenvalue weighted by atomic mass is 9.80. The first kappa shape index (κ1) is 15.0. The molecule has 1 rings (SSSR count). The monoisotopic (exact) mass is 252 g/mol. The fourth-order valence-corrected chi connectivity index (χ4v) is 2.27. The predicted molar refractivity (Wildman–Crippen MR) is 69.6 cm³/mol. The molecule has 18 heavy (non-hydrogen) atoms. The van der Waals surface area contributed by atoms with Crippen LogP contribution in [0.25, 0.3) is 0 Å². The molecule has 0 aliphatic heterocycles. The molecule has 102 valence electrons. The zero-order valence-corrected chi connectivity index (χ0v) is 11.5. The average Bonchev–Trinajstić information content (AvgIpc) is 2.62. The number of nitrogens with one attached hydrogen (secondary N) is 1. The molecule has 0 radical (unpaired) electrons. The molecule has 0 aromatic heterocycles. The Hall–Kier alpha value is -1.08. The topological polar surface area (TPSA) is 73.1 Å². The normalized spacial score (nSPS) is 19.7. The van der Waals surface area contributed by atoms with Gasteiger partial charge in [0.2, 0.25) is 5.91 Å². The summed E-state index contributed by atoms with van der Waals surface area (Å²) >= 11 is 0. The Labute approximate surface area is 109 Å². The highest BCUT2D eigenvalue weighted by atomic mass is 16.3. The summed E-state index contributed by atoms with van der Waals surface area (Å²) in [5.41, 5.74) is -1.18. The van der Waals surface area contributed by atoms with E-state index in [9.17, 15) is 10.1 Å². The molecule has 1 fully saturated rings. The van der Waals surface area contributed by atoms with Gasteiger partial charge in [-0.25, -0.2) is 0 Å². The molecular formula is C14H24N2O2. The van der Waals surface area contributed by atoms with Crippen LogP contribution in [0.5, 0.6) is 0 Å². The molecule has 1 amide bonds. The van der Waals surface area contributed by atoms with E-state index in [0.717, 1.165) is 25.7 Å². The maximum Gasteiger partial charge on any atom is 0.240 e. The minimum absolute atomic E-state index is 0.0207. The third kappa shape index (κ3) is 3.71. The zero-order valence-electron chi connectivity index (χ0n) is 11.5. The molecule has 4 heteroatoms. The second-order valence-electron chi connectivity index (χ2n) is 6.11. The van der Waals surface area contributed by atoms with Crippen molar-refractivity contribution in [1.29, 1.82) is 5.26 Å². The number of amides is 1. The lowest BCUT2D eigenvalue weighted by Crippen LogP contribution is -2.44. The van der Waals surface area contributed by atoms with Crippen LogP contribution in [0, 0.1) is 22.2 Å². The van der Waals surface area contributed by atoms with Crippen molar-refractivity contribution in [3.63, 3.8) is 0 Å². The summed E-state index contributed by atoms with van der Waals surface area (Å²) in [7, 11) is 0. The molecule has 0 aromatic rings. The van der Waals surface area contributed by atoms with Crippen LogP contribution in [0.2, 0.25) is 0 Å². The number of aliphatic hydroxyl groups excluding tert-OH is 1. The fourth-order valence-electron chi connectivity index (χ4n) is 2.27. The highest BCUT2D eigenvalue weighted by Crippen LogP contribution is 2.34. The molecule has 0 spiro atoms. The summed E-state index contributed by atoms with van der Waals surface area (Å²) in [4.78, 5) is 12.3.